The molecule has 1 fully saturated rings. The first-order valence-electron chi connectivity index (χ1n) is 6.95. The van der Waals surface area contributed by atoms with Crippen LogP contribution in [0.5, 0.6) is 0 Å². The van der Waals surface area contributed by atoms with Crippen LogP contribution in [0.2, 0.25) is 0 Å². The van der Waals surface area contributed by atoms with Crippen molar-refractivity contribution < 1.29 is 14.0 Å². The number of nitrogens with one attached hydrogen (secondary N) is 2. The lowest BCUT2D eigenvalue weighted by Gasteiger charge is -2.32. The minimum absolute atomic E-state index is 0.0452. The zero-order chi connectivity index (χ0) is 15.6. The Kier molecular flexibility index (Phi) is 4.27. The molecular formula is C15H20FN3O2. The van der Waals surface area contributed by atoms with Crippen molar-refractivity contribution in [2.24, 2.45) is 11.1 Å². The maximum atomic E-state index is 13.8. The van der Waals surface area contributed by atoms with Gasteiger partial charge in [-0.1, -0.05) is 6.92 Å². The summed E-state index contributed by atoms with van der Waals surface area (Å²) in [5.74, 6) is -1.44. The standard InChI is InChI=1S/C15H20FN3O2/c1-9-11(16)7-10(13(17)20)8-12(9)19-14(21)15(2)3-5-18-6-4-15/h7-8,18H,3-6H2,1-2H3,(H2,17,20)(H,19,21). The van der Waals surface area contributed by atoms with Gasteiger partial charge in [-0.15, -0.1) is 0 Å². The molecule has 0 bridgehead atoms. The van der Waals surface area contributed by atoms with Crippen LogP contribution in [-0.4, -0.2) is 24.9 Å². The number of primary amides is 1. The van der Waals surface area contributed by atoms with E-state index in [4.69, 9.17) is 5.73 Å². The normalized spacial score (nSPS) is 17.3. The molecule has 6 heteroatoms. The van der Waals surface area contributed by atoms with Crippen molar-refractivity contribution >= 4 is 17.5 Å². The van der Waals surface area contributed by atoms with E-state index in [0.29, 0.717) is 11.3 Å². The second kappa shape index (κ2) is 5.81. The Labute approximate surface area is 123 Å². The second-order valence-electron chi connectivity index (χ2n) is 5.76. The van der Waals surface area contributed by atoms with Crippen LogP contribution in [0.4, 0.5) is 10.1 Å². The fourth-order valence-electron chi connectivity index (χ4n) is 2.43. The number of piperidine rings is 1. The Morgan fingerprint density at radius 2 is 1.95 bits per heavy atom. The summed E-state index contributed by atoms with van der Waals surface area (Å²) in [6, 6.07) is 2.50. The molecule has 0 unspecified atom stereocenters. The minimum Gasteiger partial charge on any atom is -0.366 e. The first-order chi connectivity index (χ1) is 9.83. The molecule has 0 aliphatic carbocycles. The molecule has 1 aromatic carbocycles. The Balaban J connectivity index is 2.26. The van der Waals surface area contributed by atoms with E-state index < -0.39 is 17.1 Å². The maximum absolute atomic E-state index is 13.8. The van der Waals surface area contributed by atoms with E-state index in [9.17, 15) is 14.0 Å². The molecule has 1 aromatic rings. The van der Waals surface area contributed by atoms with E-state index in [0.717, 1.165) is 32.0 Å². The molecule has 0 atom stereocenters. The Bertz CT molecular complexity index is 581. The van der Waals surface area contributed by atoms with Crippen molar-refractivity contribution in [3.8, 4) is 0 Å². The van der Waals surface area contributed by atoms with Gasteiger partial charge in [-0.25, -0.2) is 4.39 Å². The third-order valence-electron chi connectivity index (χ3n) is 4.13. The van der Waals surface area contributed by atoms with Gasteiger partial charge in [0.05, 0.1) is 0 Å². The Hall–Kier alpha value is -1.95. The van der Waals surface area contributed by atoms with Crippen molar-refractivity contribution in [1.29, 1.82) is 0 Å². The first kappa shape index (κ1) is 15.4. The lowest BCUT2D eigenvalue weighted by Crippen LogP contribution is -2.43. The van der Waals surface area contributed by atoms with Crippen molar-refractivity contribution in [2.75, 3.05) is 18.4 Å². The molecule has 4 N–H and O–H groups in total. The van der Waals surface area contributed by atoms with Crippen LogP contribution in [0.3, 0.4) is 0 Å². The molecule has 2 amide bonds. The van der Waals surface area contributed by atoms with Crippen LogP contribution < -0.4 is 16.4 Å². The lowest BCUT2D eigenvalue weighted by atomic mass is 9.80. The number of halogens is 1. The molecule has 0 saturated carbocycles. The number of amides is 2. The lowest BCUT2D eigenvalue weighted by molar-refractivity contribution is -0.126. The quantitative estimate of drug-likeness (QED) is 0.790. The number of benzene rings is 1. The molecule has 0 spiro atoms. The molecule has 1 saturated heterocycles. The van der Waals surface area contributed by atoms with Gasteiger partial charge in [-0.2, -0.15) is 0 Å². The third-order valence-corrected chi connectivity index (χ3v) is 4.13. The number of carbonyl (C=O) groups excluding carboxylic acids is 2. The summed E-state index contributed by atoms with van der Waals surface area (Å²) in [6.45, 7) is 5.00. The number of carbonyl (C=O) groups is 2. The molecule has 1 heterocycles. The van der Waals surface area contributed by atoms with Crippen molar-refractivity contribution in [3.05, 3.63) is 29.1 Å². The van der Waals surface area contributed by atoms with E-state index in [1.54, 1.807) is 6.92 Å². The Morgan fingerprint density at radius 3 is 2.52 bits per heavy atom. The molecule has 114 valence electrons. The predicted octanol–water partition coefficient (Wildman–Crippen LogP) is 1.56. The largest absolute Gasteiger partial charge is 0.366 e. The SMILES string of the molecule is Cc1c(F)cc(C(N)=O)cc1NC(=O)C1(C)CCNCC1. The van der Waals surface area contributed by atoms with Gasteiger partial charge in [-0.05, 0) is 45.0 Å². The van der Waals surface area contributed by atoms with Crippen LogP contribution in [0.1, 0.15) is 35.7 Å². The summed E-state index contributed by atoms with van der Waals surface area (Å²) in [5.41, 5.74) is 5.33. The summed E-state index contributed by atoms with van der Waals surface area (Å²) in [4.78, 5) is 23.7. The molecule has 21 heavy (non-hydrogen) atoms. The minimum atomic E-state index is -0.725. The zero-order valence-corrected chi connectivity index (χ0v) is 12.3. The van der Waals surface area contributed by atoms with Crippen molar-refractivity contribution in [3.63, 3.8) is 0 Å². The summed E-state index contributed by atoms with van der Waals surface area (Å²) in [7, 11) is 0. The highest BCUT2D eigenvalue weighted by atomic mass is 19.1. The molecule has 0 aromatic heterocycles. The van der Waals surface area contributed by atoms with Crippen LogP contribution in [0.25, 0.3) is 0 Å². The highest BCUT2D eigenvalue weighted by Gasteiger charge is 2.34. The van der Waals surface area contributed by atoms with E-state index in [1.807, 2.05) is 6.92 Å². The van der Waals surface area contributed by atoms with Crippen LogP contribution in [-0.2, 0) is 4.79 Å². The monoisotopic (exact) mass is 293 g/mol. The van der Waals surface area contributed by atoms with Crippen LogP contribution in [0.15, 0.2) is 12.1 Å². The second-order valence-corrected chi connectivity index (χ2v) is 5.76. The van der Waals surface area contributed by atoms with Gasteiger partial charge in [0.1, 0.15) is 5.82 Å². The zero-order valence-electron chi connectivity index (χ0n) is 12.3. The average Bonchev–Trinajstić information content (AvgIpc) is 2.44. The van der Waals surface area contributed by atoms with E-state index >= 15 is 0 Å². The Morgan fingerprint density at radius 1 is 1.33 bits per heavy atom. The predicted molar refractivity (Wildman–Crippen MR) is 78.5 cm³/mol. The maximum Gasteiger partial charge on any atom is 0.248 e. The summed E-state index contributed by atoms with van der Waals surface area (Å²) >= 11 is 0. The van der Waals surface area contributed by atoms with Gasteiger partial charge in [0, 0.05) is 22.2 Å². The number of rotatable bonds is 3. The van der Waals surface area contributed by atoms with Crippen molar-refractivity contribution in [1.82, 2.24) is 5.32 Å². The van der Waals surface area contributed by atoms with Crippen LogP contribution >= 0.6 is 0 Å². The third kappa shape index (κ3) is 3.21. The number of hydrogen-bond acceptors (Lipinski definition) is 3. The van der Waals surface area contributed by atoms with Gasteiger partial charge >= 0.3 is 0 Å². The summed E-state index contributed by atoms with van der Waals surface area (Å²) < 4.78 is 13.8. The summed E-state index contributed by atoms with van der Waals surface area (Å²) in [5, 5.41) is 5.94. The number of hydrogen-bond donors (Lipinski definition) is 3. The van der Waals surface area contributed by atoms with Gasteiger partial charge in [0.2, 0.25) is 11.8 Å². The highest BCUT2D eigenvalue weighted by Crippen LogP contribution is 2.30. The van der Waals surface area contributed by atoms with E-state index in [2.05, 4.69) is 10.6 Å². The number of nitrogens with two attached hydrogens (primary N) is 1. The smallest absolute Gasteiger partial charge is 0.248 e. The van der Waals surface area contributed by atoms with Gasteiger partial charge < -0.3 is 16.4 Å². The summed E-state index contributed by atoms with van der Waals surface area (Å²) in [6.07, 6.45) is 1.44. The van der Waals surface area contributed by atoms with E-state index in [1.165, 1.54) is 6.07 Å². The number of anilines is 1. The van der Waals surface area contributed by atoms with Gasteiger partial charge in [0.15, 0.2) is 0 Å². The molecule has 0 radical (unpaired) electrons. The van der Waals surface area contributed by atoms with E-state index in [-0.39, 0.29) is 11.5 Å². The van der Waals surface area contributed by atoms with Crippen LogP contribution in [0, 0.1) is 18.2 Å². The molecule has 5 nitrogen and oxygen atoms in total. The highest BCUT2D eigenvalue weighted by molar-refractivity contribution is 5.98. The average molecular weight is 293 g/mol. The topological polar surface area (TPSA) is 84.2 Å². The molecular weight excluding hydrogens is 273 g/mol. The first-order valence-corrected chi connectivity index (χ1v) is 6.95. The fourth-order valence-corrected chi connectivity index (χ4v) is 2.43. The van der Waals surface area contributed by atoms with Gasteiger partial charge in [0.25, 0.3) is 0 Å². The van der Waals surface area contributed by atoms with Crippen molar-refractivity contribution in [2.45, 2.75) is 26.7 Å². The fraction of sp³-hybridized carbons (Fsp3) is 0.467. The molecule has 2 rings (SSSR count). The van der Waals surface area contributed by atoms with Gasteiger partial charge in [-0.3, -0.25) is 9.59 Å². The molecule has 1 aliphatic heterocycles. The molecule has 1 aliphatic rings.